The Bertz CT molecular complexity index is 723. The van der Waals surface area contributed by atoms with E-state index < -0.39 is 10.0 Å². The molecule has 9 heteroatoms. The van der Waals surface area contributed by atoms with Gasteiger partial charge in [0.15, 0.2) is 5.03 Å². The molecule has 0 aliphatic carbocycles. The van der Waals surface area contributed by atoms with Crippen molar-refractivity contribution in [3.8, 4) is 0 Å². The molecule has 0 amide bonds. The number of aromatic nitrogens is 2. The molecule has 20 heavy (non-hydrogen) atoms. The topological polar surface area (TPSA) is 74.8 Å². The van der Waals surface area contributed by atoms with Gasteiger partial charge in [-0.25, -0.2) is 4.98 Å². The van der Waals surface area contributed by atoms with Gasteiger partial charge < -0.3 is 4.98 Å². The Morgan fingerprint density at radius 2 is 1.95 bits per heavy atom. The van der Waals surface area contributed by atoms with Crippen LogP contribution in [-0.4, -0.2) is 18.4 Å². The van der Waals surface area contributed by atoms with E-state index in [9.17, 15) is 8.42 Å². The third kappa shape index (κ3) is 3.28. The Morgan fingerprint density at radius 3 is 2.45 bits per heavy atom. The summed E-state index contributed by atoms with van der Waals surface area (Å²) in [5.41, 5.74) is 0.129. The Hall–Kier alpha value is -0.760. The number of halogens is 3. The van der Waals surface area contributed by atoms with Crippen LogP contribution in [-0.2, 0) is 16.4 Å². The minimum Gasteiger partial charge on any atom is -0.332 e. The fraction of sp³-hybridized carbons (Fsp3) is 0.182. The van der Waals surface area contributed by atoms with E-state index in [0.29, 0.717) is 16.7 Å². The molecule has 0 saturated heterocycles. The maximum Gasteiger partial charge on any atom is 0.279 e. The number of aryl methyl sites for hydroxylation is 1. The van der Waals surface area contributed by atoms with Gasteiger partial charge in [0.1, 0.15) is 5.82 Å². The highest BCUT2D eigenvalue weighted by Crippen LogP contribution is 2.35. The molecular formula is C11H10BrCl2N3O2S. The van der Waals surface area contributed by atoms with Crippen LogP contribution in [0.15, 0.2) is 27.8 Å². The summed E-state index contributed by atoms with van der Waals surface area (Å²) in [5, 5.41) is 0.357. The molecule has 1 heterocycles. The molecule has 1 aromatic heterocycles. The van der Waals surface area contributed by atoms with E-state index in [0.717, 1.165) is 0 Å². The first-order valence-corrected chi connectivity index (χ1v) is 8.58. The van der Waals surface area contributed by atoms with Crippen molar-refractivity contribution in [1.29, 1.82) is 0 Å². The maximum atomic E-state index is 12.2. The molecule has 5 nitrogen and oxygen atoms in total. The quantitative estimate of drug-likeness (QED) is 0.821. The van der Waals surface area contributed by atoms with Crippen LogP contribution in [0.4, 0.5) is 5.69 Å². The highest BCUT2D eigenvalue weighted by Gasteiger charge is 2.20. The minimum absolute atomic E-state index is 0.0376. The summed E-state index contributed by atoms with van der Waals surface area (Å²) >= 11 is 15.2. The van der Waals surface area contributed by atoms with E-state index in [-0.39, 0.29) is 20.8 Å². The number of nitrogens with one attached hydrogen (secondary N) is 2. The van der Waals surface area contributed by atoms with Crippen LogP contribution in [0.5, 0.6) is 0 Å². The van der Waals surface area contributed by atoms with E-state index in [4.69, 9.17) is 23.2 Å². The van der Waals surface area contributed by atoms with Crippen LogP contribution in [0, 0.1) is 0 Å². The van der Waals surface area contributed by atoms with Gasteiger partial charge in [-0.15, -0.1) is 0 Å². The monoisotopic (exact) mass is 397 g/mol. The van der Waals surface area contributed by atoms with Crippen molar-refractivity contribution < 1.29 is 8.42 Å². The molecule has 2 N–H and O–H groups in total. The molecule has 0 atom stereocenters. The van der Waals surface area contributed by atoms with Crippen LogP contribution < -0.4 is 4.72 Å². The van der Waals surface area contributed by atoms with Crippen molar-refractivity contribution in [3.63, 3.8) is 0 Å². The van der Waals surface area contributed by atoms with Crippen molar-refractivity contribution in [1.82, 2.24) is 9.97 Å². The third-order valence-electron chi connectivity index (χ3n) is 2.47. The van der Waals surface area contributed by atoms with Crippen LogP contribution in [0.2, 0.25) is 10.0 Å². The average molecular weight is 399 g/mol. The highest BCUT2D eigenvalue weighted by molar-refractivity contribution is 9.10. The number of H-pyrrole nitrogens is 1. The van der Waals surface area contributed by atoms with Gasteiger partial charge in [0.2, 0.25) is 0 Å². The van der Waals surface area contributed by atoms with Crippen LogP contribution in [0.1, 0.15) is 12.7 Å². The van der Waals surface area contributed by atoms with Gasteiger partial charge in [0.05, 0.1) is 21.9 Å². The molecule has 1 aromatic carbocycles. The van der Waals surface area contributed by atoms with Crippen LogP contribution in [0.3, 0.4) is 0 Å². The first-order valence-electron chi connectivity index (χ1n) is 5.54. The van der Waals surface area contributed by atoms with E-state index >= 15 is 0 Å². The Labute approximate surface area is 134 Å². The zero-order valence-corrected chi connectivity index (χ0v) is 14.2. The van der Waals surface area contributed by atoms with E-state index in [2.05, 4.69) is 30.6 Å². The third-order valence-corrected chi connectivity index (χ3v) is 4.79. The number of aromatic amines is 1. The second-order valence-corrected chi connectivity index (χ2v) is 7.28. The van der Waals surface area contributed by atoms with Crippen molar-refractivity contribution in [2.45, 2.75) is 18.4 Å². The zero-order valence-electron chi connectivity index (χ0n) is 10.2. The number of rotatable bonds is 4. The fourth-order valence-electron chi connectivity index (χ4n) is 1.49. The number of anilines is 1. The molecule has 0 radical (unpaired) electrons. The molecule has 0 bridgehead atoms. The first-order chi connectivity index (χ1) is 9.33. The molecule has 108 valence electrons. The zero-order chi connectivity index (χ0) is 14.9. The molecular weight excluding hydrogens is 389 g/mol. The number of benzene rings is 1. The number of nitrogens with zero attached hydrogens (tertiary/aromatic N) is 1. The molecule has 0 fully saturated rings. The maximum absolute atomic E-state index is 12.2. The molecule has 0 unspecified atom stereocenters. The van der Waals surface area contributed by atoms with Crippen LogP contribution >= 0.6 is 39.1 Å². The van der Waals surface area contributed by atoms with Crippen molar-refractivity contribution in [3.05, 3.63) is 38.7 Å². The SMILES string of the molecule is CCc1ncc(S(=O)(=O)Nc2c(Cl)cc(Br)cc2Cl)[nH]1. The average Bonchev–Trinajstić information content (AvgIpc) is 2.83. The summed E-state index contributed by atoms with van der Waals surface area (Å²) in [6.07, 6.45) is 1.86. The molecule has 0 aliphatic heterocycles. The standard InChI is InChI=1S/C11H10BrCl2N3O2S/c1-2-9-15-5-10(16-9)20(18,19)17-11-7(13)3-6(12)4-8(11)14/h3-5,17H,2H2,1H3,(H,15,16). The van der Waals surface area contributed by atoms with E-state index in [1.807, 2.05) is 6.92 Å². The fourth-order valence-corrected chi connectivity index (χ4v) is 3.95. The predicted octanol–water partition coefficient (Wildman–Crippen LogP) is 3.84. The molecule has 0 saturated carbocycles. The van der Waals surface area contributed by atoms with Gasteiger partial charge in [-0.2, -0.15) is 8.42 Å². The lowest BCUT2D eigenvalue weighted by atomic mass is 10.3. The van der Waals surface area contributed by atoms with Gasteiger partial charge >= 0.3 is 0 Å². The van der Waals surface area contributed by atoms with E-state index in [1.165, 1.54) is 6.20 Å². The van der Waals surface area contributed by atoms with Crippen molar-refractivity contribution in [2.75, 3.05) is 4.72 Å². The van der Waals surface area contributed by atoms with Gasteiger partial charge in [0, 0.05) is 10.9 Å². The van der Waals surface area contributed by atoms with Gasteiger partial charge in [-0.3, -0.25) is 4.72 Å². The lowest BCUT2D eigenvalue weighted by molar-refractivity contribution is 0.598. The second-order valence-electron chi connectivity index (χ2n) is 3.90. The summed E-state index contributed by atoms with van der Waals surface area (Å²) in [6.45, 7) is 1.87. The predicted molar refractivity (Wildman–Crippen MR) is 82.9 cm³/mol. The summed E-state index contributed by atoms with van der Waals surface area (Å²) in [5.74, 6) is 0.582. The molecule has 0 aliphatic rings. The van der Waals surface area contributed by atoms with Crippen LogP contribution in [0.25, 0.3) is 0 Å². The number of sulfonamides is 1. The summed E-state index contributed by atoms with van der Waals surface area (Å²) in [6, 6.07) is 3.10. The Balaban J connectivity index is 2.38. The smallest absolute Gasteiger partial charge is 0.279 e. The Kier molecular flexibility index (Phi) is 4.63. The minimum atomic E-state index is -3.81. The number of hydrogen-bond donors (Lipinski definition) is 2. The van der Waals surface area contributed by atoms with Gasteiger partial charge in [-0.1, -0.05) is 46.1 Å². The van der Waals surface area contributed by atoms with Crippen molar-refractivity contribution >= 4 is 54.8 Å². The largest absolute Gasteiger partial charge is 0.332 e. The molecule has 0 spiro atoms. The summed E-state index contributed by atoms with van der Waals surface area (Å²) in [7, 11) is -3.81. The second kappa shape index (κ2) is 5.93. The van der Waals surface area contributed by atoms with Gasteiger partial charge in [0.25, 0.3) is 10.0 Å². The summed E-state index contributed by atoms with van der Waals surface area (Å²) < 4.78 is 27.4. The first kappa shape index (κ1) is 15.6. The number of imidazole rings is 1. The van der Waals surface area contributed by atoms with E-state index in [1.54, 1.807) is 12.1 Å². The lowest BCUT2D eigenvalue weighted by Crippen LogP contribution is -2.14. The normalized spacial score (nSPS) is 11.6. The van der Waals surface area contributed by atoms with Gasteiger partial charge in [-0.05, 0) is 12.1 Å². The summed E-state index contributed by atoms with van der Waals surface area (Å²) in [4.78, 5) is 6.67. The Morgan fingerprint density at radius 1 is 1.35 bits per heavy atom. The lowest BCUT2D eigenvalue weighted by Gasteiger charge is -2.10. The van der Waals surface area contributed by atoms with Crippen molar-refractivity contribution in [2.24, 2.45) is 0 Å². The molecule has 2 aromatic rings. The molecule has 2 rings (SSSR count). The number of hydrogen-bond acceptors (Lipinski definition) is 3. The highest BCUT2D eigenvalue weighted by atomic mass is 79.9.